The first-order valence-corrected chi connectivity index (χ1v) is 9.63. The van der Waals surface area contributed by atoms with Gasteiger partial charge < -0.3 is 15.1 Å². The largest absolute Gasteiger partial charge is 0.350 e. The summed E-state index contributed by atoms with van der Waals surface area (Å²) in [5, 5.41) is 3.19. The van der Waals surface area contributed by atoms with E-state index in [1.807, 2.05) is 4.90 Å². The van der Waals surface area contributed by atoms with Crippen LogP contribution < -0.4 is 10.2 Å². The third-order valence-corrected chi connectivity index (χ3v) is 4.85. The van der Waals surface area contributed by atoms with Crippen LogP contribution in [0.5, 0.6) is 0 Å². The third-order valence-electron chi connectivity index (χ3n) is 4.85. The lowest BCUT2D eigenvalue weighted by molar-refractivity contribution is 0.0740. The molecule has 148 valence electrons. The summed E-state index contributed by atoms with van der Waals surface area (Å²) in [5.74, 6) is 1.07. The average molecular weight is 389 g/mol. The molecular weight excluding hydrogens is 366 g/mol. The predicted molar refractivity (Wildman–Crippen MR) is 111 cm³/mol. The van der Waals surface area contributed by atoms with Crippen LogP contribution in [0.4, 0.5) is 11.9 Å². The van der Waals surface area contributed by atoms with Gasteiger partial charge in [0, 0.05) is 51.3 Å². The molecule has 4 rings (SSSR count). The Balaban J connectivity index is 1.35. The standard InChI is InChI=1S/C21H23N7O/c1-16-3-5-17(6-4-16)15-25-20-22-10-7-18(26-20)19(29)27-11-13-28(14-12-27)21-23-8-2-9-24-21/h2-10H,11-15H2,1H3,(H,22,25,26). The predicted octanol–water partition coefficient (Wildman–Crippen LogP) is 2.15. The van der Waals surface area contributed by atoms with Crippen LogP contribution in [0.1, 0.15) is 21.6 Å². The van der Waals surface area contributed by atoms with E-state index >= 15 is 0 Å². The van der Waals surface area contributed by atoms with Crippen molar-refractivity contribution in [3.8, 4) is 0 Å². The molecule has 0 aliphatic carbocycles. The molecule has 8 heteroatoms. The highest BCUT2D eigenvalue weighted by Gasteiger charge is 2.24. The van der Waals surface area contributed by atoms with Crippen LogP contribution in [-0.4, -0.2) is 56.9 Å². The summed E-state index contributed by atoms with van der Waals surface area (Å²) in [7, 11) is 0. The topological polar surface area (TPSA) is 87.1 Å². The number of nitrogens with one attached hydrogen (secondary N) is 1. The SMILES string of the molecule is Cc1ccc(CNc2nccc(C(=O)N3CCN(c4ncccn4)CC3)n2)cc1. The Hall–Kier alpha value is -3.55. The van der Waals surface area contributed by atoms with E-state index in [1.165, 1.54) is 5.56 Å². The Labute approximate surface area is 169 Å². The molecule has 1 aliphatic rings. The van der Waals surface area contributed by atoms with Crippen molar-refractivity contribution in [3.63, 3.8) is 0 Å². The second-order valence-electron chi connectivity index (χ2n) is 6.93. The number of amides is 1. The van der Waals surface area contributed by atoms with Crippen molar-refractivity contribution < 1.29 is 4.79 Å². The Bertz CT molecular complexity index is 954. The summed E-state index contributed by atoms with van der Waals surface area (Å²) >= 11 is 0. The molecule has 3 aromatic rings. The molecule has 1 aromatic carbocycles. The highest BCUT2D eigenvalue weighted by Crippen LogP contribution is 2.13. The minimum absolute atomic E-state index is 0.0839. The number of aromatic nitrogens is 4. The highest BCUT2D eigenvalue weighted by molar-refractivity contribution is 5.92. The first kappa shape index (κ1) is 18.8. The number of piperazine rings is 1. The molecule has 1 N–H and O–H groups in total. The van der Waals surface area contributed by atoms with Crippen molar-refractivity contribution in [2.24, 2.45) is 0 Å². The van der Waals surface area contributed by atoms with Gasteiger partial charge in [-0.2, -0.15) is 0 Å². The Morgan fingerprint density at radius 3 is 2.41 bits per heavy atom. The Morgan fingerprint density at radius 2 is 1.69 bits per heavy atom. The number of hydrogen-bond donors (Lipinski definition) is 1. The maximum absolute atomic E-state index is 12.9. The maximum Gasteiger partial charge on any atom is 0.272 e. The normalized spacial score (nSPS) is 14.0. The fourth-order valence-electron chi connectivity index (χ4n) is 3.18. The van der Waals surface area contributed by atoms with Gasteiger partial charge >= 0.3 is 0 Å². The molecule has 0 saturated carbocycles. The van der Waals surface area contributed by atoms with Crippen LogP contribution >= 0.6 is 0 Å². The van der Waals surface area contributed by atoms with E-state index in [2.05, 4.69) is 61.3 Å². The van der Waals surface area contributed by atoms with Gasteiger partial charge in [0.15, 0.2) is 0 Å². The molecule has 0 atom stereocenters. The molecule has 1 amide bonds. The summed E-state index contributed by atoms with van der Waals surface area (Å²) in [6, 6.07) is 11.7. The van der Waals surface area contributed by atoms with Gasteiger partial charge in [-0.05, 0) is 24.6 Å². The van der Waals surface area contributed by atoms with Crippen LogP contribution in [0.15, 0.2) is 55.0 Å². The number of hydrogen-bond acceptors (Lipinski definition) is 7. The molecule has 3 heterocycles. The minimum atomic E-state index is -0.0839. The molecule has 8 nitrogen and oxygen atoms in total. The van der Waals surface area contributed by atoms with Crippen molar-refractivity contribution in [1.82, 2.24) is 24.8 Å². The van der Waals surface area contributed by atoms with Crippen molar-refractivity contribution >= 4 is 17.8 Å². The molecular formula is C21H23N7O. The Kier molecular flexibility index (Phi) is 5.60. The van der Waals surface area contributed by atoms with Gasteiger partial charge in [0.1, 0.15) is 5.69 Å². The average Bonchev–Trinajstić information content (AvgIpc) is 2.79. The number of anilines is 2. The lowest BCUT2D eigenvalue weighted by Crippen LogP contribution is -2.49. The summed E-state index contributed by atoms with van der Waals surface area (Å²) < 4.78 is 0. The number of rotatable bonds is 5. The second kappa shape index (κ2) is 8.64. The van der Waals surface area contributed by atoms with Crippen molar-refractivity contribution in [1.29, 1.82) is 0 Å². The molecule has 0 bridgehead atoms. The van der Waals surface area contributed by atoms with Crippen LogP contribution in [0, 0.1) is 6.92 Å². The number of benzene rings is 1. The minimum Gasteiger partial charge on any atom is -0.350 e. The van der Waals surface area contributed by atoms with Gasteiger partial charge in [0.05, 0.1) is 0 Å². The maximum atomic E-state index is 12.9. The van der Waals surface area contributed by atoms with Crippen molar-refractivity contribution in [2.75, 3.05) is 36.4 Å². The zero-order chi connectivity index (χ0) is 20.1. The zero-order valence-electron chi connectivity index (χ0n) is 16.3. The van der Waals surface area contributed by atoms with Crippen LogP contribution in [0.25, 0.3) is 0 Å². The number of aryl methyl sites for hydroxylation is 1. The number of carbonyl (C=O) groups is 1. The quantitative estimate of drug-likeness (QED) is 0.715. The van der Waals surface area contributed by atoms with E-state index in [0.29, 0.717) is 50.3 Å². The van der Waals surface area contributed by atoms with E-state index in [0.717, 1.165) is 5.56 Å². The van der Waals surface area contributed by atoms with Gasteiger partial charge in [-0.3, -0.25) is 4.79 Å². The van der Waals surface area contributed by atoms with E-state index in [-0.39, 0.29) is 5.91 Å². The van der Waals surface area contributed by atoms with Crippen LogP contribution in [0.2, 0.25) is 0 Å². The van der Waals surface area contributed by atoms with Crippen LogP contribution in [0.3, 0.4) is 0 Å². The van der Waals surface area contributed by atoms with Crippen molar-refractivity contribution in [3.05, 3.63) is 71.8 Å². The fourth-order valence-corrected chi connectivity index (χ4v) is 3.18. The highest BCUT2D eigenvalue weighted by atomic mass is 16.2. The first-order chi connectivity index (χ1) is 14.2. The number of carbonyl (C=O) groups excluding carboxylic acids is 1. The van der Waals surface area contributed by atoms with Gasteiger partial charge in [0.2, 0.25) is 11.9 Å². The molecule has 0 radical (unpaired) electrons. The molecule has 0 spiro atoms. The molecule has 0 unspecified atom stereocenters. The molecule has 1 aliphatic heterocycles. The molecule has 29 heavy (non-hydrogen) atoms. The van der Waals surface area contributed by atoms with E-state index in [9.17, 15) is 4.79 Å². The molecule has 2 aromatic heterocycles. The molecule has 1 saturated heterocycles. The van der Waals surface area contributed by atoms with Gasteiger partial charge in [-0.25, -0.2) is 19.9 Å². The zero-order valence-corrected chi connectivity index (χ0v) is 16.3. The van der Waals surface area contributed by atoms with Gasteiger partial charge in [-0.1, -0.05) is 29.8 Å². The van der Waals surface area contributed by atoms with Gasteiger partial charge in [-0.15, -0.1) is 0 Å². The summed E-state index contributed by atoms with van der Waals surface area (Å²) in [5.41, 5.74) is 2.75. The fraction of sp³-hybridized carbons (Fsp3) is 0.286. The lowest BCUT2D eigenvalue weighted by Gasteiger charge is -2.34. The smallest absolute Gasteiger partial charge is 0.272 e. The van der Waals surface area contributed by atoms with E-state index < -0.39 is 0 Å². The summed E-state index contributed by atoms with van der Waals surface area (Å²) in [6.07, 6.45) is 5.07. The summed E-state index contributed by atoms with van der Waals surface area (Å²) in [6.45, 7) is 5.26. The van der Waals surface area contributed by atoms with Crippen molar-refractivity contribution in [2.45, 2.75) is 13.5 Å². The third kappa shape index (κ3) is 4.66. The number of nitrogens with zero attached hydrogens (tertiary/aromatic N) is 6. The van der Waals surface area contributed by atoms with Gasteiger partial charge in [0.25, 0.3) is 5.91 Å². The van der Waals surface area contributed by atoms with E-state index in [1.54, 1.807) is 30.7 Å². The van der Waals surface area contributed by atoms with E-state index in [4.69, 9.17) is 0 Å². The van der Waals surface area contributed by atoms with Crippen LogP contribution in [-0.2, 0) is 6.54 Å². The first-order valence-electron chi connectivity index (χ1n) is 9.63. The molecule has 1 fully saturated rings. The summed E-state index contributed by atoms with van der Waals surface area (Å²) in [4.78, 5) is 33.9. The lowest BCUT2D eigenvalue weighted by atomic mass is 10.1. The monoisotopic (exact) mass is 389 g/mol. The Morgan fingerprint density at radius 1 is 0.966 bits per heavy atom. The second-order valence-corrected chi connectivity index (χ2v) is 6.93.